The van der Waals surface area contributed by atoms with Crippen LogP contribution in [0.4, 0.5) is 5.69 Å². The second kappa shape index (κ2) is 10.7. The molecule has 0 spiro atoms. The van der Waals surface area contributed by atoms with Gasteiger partial charge in [0.25, 0.3) is 5.91 Å². The fourth-order valence-electron chi connectivity index (χ4n) is 4.52. The van der Waals surface area contributed by atoms with Gasteiger partial charge in [0.1, 0.15) is 5.69 Å². The molecule has 0 aliphatic carbocycles. The van der Waals surface area contributed by atoms with Crippen molar-refractivity contribution in [2.75, 3.05) is 18.4 Å². The molecular formula is C25H27Cl2N5O3S. The van der Waals surface area contributed by atoms with Crippen molar-refractivity contribution < 1.29 is 14.4 Å². The summed E-state index contributed by atoms with van der Waals surface area (Å²) in [4.78, 5) is 36.7. The van der Waals surface area contributed by atoms with Crippen LogP contribution in [0.3, 0.4) is 0 Å². The standard InChI is InChI=1S/C25H27Cl2N5O3S/c1-15(33)28-18-6-4-5-17(13-18)25(9-11-32(12-10-25)36-30-16(2)34)29-24(35)22-14-19-21(31(22)3)8-7-20(26)23(19)27/h4-8,13-14H,9-12H2,1-3H3,(H,28,33)(H,29,35)(H,30,34). The second-order valence-corrected chi connectivity index (χ2v) is 10.5. The van der Waals surface area contributed by atoms with E-state index in [0.717, 1.165) is 11.1 Å². The minimum Gasteiger partial charge on any atom is -0.341 e. The summed E-state index contributed by atoms with van der Waals surface area (Å²) in [5.41, 5.74) is 2.14. The Morgan fingerprint density at radius 2 is 1.72 bits per heavy atom. The van der Waals surface area contributed by atoms with Gasteiger partial charge >= 0.3 is 0 Å². The molecule has 0 atom stereocenters. The zero-order valence-electron chi connectivity index (χ0n) is 20.2. The normalized spacial score (nSPS) is 15.5. The van der Waals surface area contributed by atoms with Crippen LogP contribution in [-0.4, -0.2) is 39.7 Å². The van der Waals surface area contributed by atoms with Gasteiger partial charge in [0.2, 0.25) is 11.8 Å². The number of nitrogens with zero attached hydrogens (tertiary/aromatic N) is 2. The molecule has 2 aromatic carbocycles. The summed E-state index contributed by atoms with van der Waals surface area (Å²) in [5, 5.41) is 7.66. The van der Waals surface area contributed by atoms with Gasteiger partial charge in [0.05, 0.1) is 15.6 Å². The number of aromatic nitrogens is 1. The first-order valence-corrected chi connectivity index (χ1v) is 12.9. The van der Waals surface area contributed by atoms with Crippen LogP contribution < -0.4 is 15.4 Å². The molecule has 0 radical (unpaired) electrons. The van der Waals surface area contributed by atoms with Gasteiger partial charge < -0.3 is 15.2 Å². The molecule has 190 valence electrons. The Balaban J connectivity index is 1.67. The highest BCUT2D eigenvalue weighted by Gasteiger charge is 2.39. The lowest BCUT2D eigenvalue weighted by molar-refractivity contribution is -0.117. The van der Waals surface area contributed by atoms with Gasteiger partial charge in [-0.15, -0.1) is 0 Å². The molecule has 1 saturated heterocycles. The Bertz CT molecular complexity index is 1330. The highest BCUT2D eigenvalue weighted by atomic mass is 35.5. The average Bonchev–Trinajstić information content (AvgIpc) is 3.18. The summed E-state index contributed by atoms with van der Waals surface area (Å²) in [7, 11) is 1.82. The number of carbonyl (C=O) groups is 3. The van der Waals surface area contributed by atoms with E-state index < -0.39 is 5.54 Å². The maximum atomic E-state index is 13.7. The molecule has 1 aromatic heterocycles. The van der Waals surface area contributed by atoms with Crippen LogP contribution in [0, 0.1) is 0 Å². The Kier molecular flexibility index (Phi) is 7.85. The van der Waals surface area contributed by atoms with Crippen LogP contribution >= 0.6 is 35.3 Å². The van der Waals surface area contributed by atoms with Crippen LogP contribution in [-0.2, 0) is 22.2 Å². The minimum atomic E-state index is -0.684. The molecule has 0 unspecified atom stereocenters. The molecule has 36 heavy (non-hydrogen) atoms. The average molecular weight is 548 g/mol. The molecule has 4 rings (SSSR count). The van der Waals surface area contributed by atoms with Crippen LogP contribution in [0.25, 0.3) is 10.9 Å². The predicted octanol–water partition coefficient (Wildman–Crippen LogP) is 4.86. The highest BCUT2D eigenvalue weighted by Crippen LogP contribution is 2.37. The lowest BCUT2D eigenvalue weighted by Crippen LogP contribution is -2.52. The summed E-state index contributed by atoms with van der Waals surface area (Å²) >= 11 is 13.9. The fourth-order valence-corrected chi connectivity index (χ4v) is 5.52. The first-order valence-electron chi connectivity index (χ1n) is 11.4. The molecule has 11 heteroatoms. The Morgan fingerprint density at radius 3 is 2.39 bits per heavy atom. The molecule has 1 fully saturated rings. The van der Waals surface area contributed by atoms with Gasteiger partial charge in [-0.1, -0.05) is 35.3 Å². The molecule has 1 aliphatic rings. The quantitative estimate of drug-likeness (QED) is 0.383. The number of benzene rings is 2. The van der Waals surface area contributed by atoms with Crippen LogP contribution in [0.15, 0.2) is 42.5 Å². The number of amides is 3. The van der Waals surface area contributed by atoms with E-state index in [1.165, 1.54) is 26.0 Å². The van der Waals surface area contributed by atoms with Crippen molar-refractivity contribution >= 4 is 69.6 Å². The van der Waals surface area contributed by atoms with Crippen molar-refractivity contribution in [2.24, 2.45) is 7.05 Å². The van der Waals surface area contributed by atoms with E-state index in [9.17, 15) is 14.4 Å². The molecule has 1 aliphatic heterocycles. The van der Waals surface area contributed by atoms with Crippen LogP contribution in [0.1, 0.15) is 42.7 Å². The molecule has 3 amide bonds. The molecule has 3 aromatic rings. The number of fused-ring (bicyclic) bond motifs is 1. The number of aryl methyl sites for hydroxylation is 1. The molecular weight excluding hydrogens is 521 g/mol. The van der Waals surface area contributed by atoms with Crippen molar-refractivity contribution in [1.82, 2.24) is 18.9 Å². The van der Waals surface area contributed by atoms with Crippen molar-refractivity contribution in [1.29, 1.82) is 0 Å². The minimum absolute atomic E-state index is 0.123. The monoisotopic (exact) mass is 547 g/mol. The number of rotatable bonds is 6. The van der Waals surface area contributed by atoms with Crippen molar-refractivity contribution in [3.8, 4) is 0 Å². The van der Waals surface area contributed by atoms with Crippen molar-refractivity contribution in [3.05, 3.63) is 63.8 Å². The van der Waals surface area contributed by atoms with Gasteiger partial charge in [-0.05, 0) is 48.7 Å². The summed E-state index contributed by atoms with van der Waals surface area (Å²) in [6.45, 7) is 4.19. The third-order valence-corrected chi connectivity index (χ3v) is 8.15. The topological polar surface area (TPSA) is 95.5 Å². The summed E-state index contributed by atoms with van der Waals surface area (Å²) in [6.07, 6.45) is 1.21. The van der Waals surface area contributed by atoms with E-state index in [4.69, 9.17) is 23.2 Å². The van der Waals surface area contributed by atoms with Crippen LogP contribution in [0.5, 0.6) is 0 Å². The highest BCUT2D eigenvalue weighted by molar-refractivity contribution is 7.95. The molecule has 0 bridgehead atoms. The smallest absolute Gasteiger partial charge is 0.268 e. The number of anilines is 1. The predicted molar refractivity (Wildman–Crippen MR) is 145 cm³/mol. The number of piperidine rings is 1. The lowest BCUT2D eigenvalue weighted by Gasteiger charge is -2.42. The molecule has 3 N–H and O–H groups in total. The first kappa shape index (κ1) is 26.3. The Labute approximate surface area is 223 Å². The fraction of sp³-hybridized carbons (Fsp3) is 0.320. The Morgan fingerprint density at radius 1 is 1.00 bits per heavy atom. The second-order valence-electron chi connectivity index (χ2n) is 8.86. The van der Waals surface area contributed by atoms with Gasteiger partial charge in [-0.25, -0.2) is 4.31 Å². The zero-order valence-corrected chi connectivity index (χ0v) is 22.5. The SMILES string of the molecule is CC(=O)NSN1CCC(NC(=O)c2cc3c(Cl)c(Cl)ccc3n2C)(c2cccc(NC(C)=O)c2)CC1. The van der Waals surface area contributed by atoms with Crippen molar-refractivity contribution in [2.45, 2.75) is 32.2 Å². The number of nitrogens with one attached hydrogen (secondary N) is 3. The summed E-state index contributed by atoms with van der Waals surface area (Å²) in [5.74, 6) is -0.533. The van der Waals surface area contributed by atoms with Gasteiger partial charge in [0, 0.05) is 62.7 Å². The number of hydrogen-bond acceptors (Lipinski definition) is 5. The van der Waals surface area contributed by atoms with Gasteiger partial charge in [0.15, 0.2) is 0 Å². The third kappa shape index (κ3) is 5.49. The van der Waals surface area contributed by atoms with E-state index in [-0.39, 0.29) is 17.7 Å². The van der Waals surface area contributed by atoms with E-state index in [2.05, 4.69) is 19.7 Å². The van der Waals surface area contributed by atoms with E-state index in [0.29, 0.717) is 52.7 Å². The number of hydrogen-bond donors (Lipinski definition) is 3. The van der Waals surface area contributed by atoms with E-state index in [1.807, 2.05) is 37.4 Å². The summed E-state index contributed by atoms with van der Waals surface area (Å²) in [6, 6.07) is 12.8. The zero-order chi connectivity index (χ0) is 26.0. The largest absolute Gasteiger partial charge is 0.341 e. The van der Waals surface area contributed by atoms with Gasteiger partial charge in [-0.3, -0.25) is 19.1 Å². The maximum absolute atomic E-state index is 13.7. The maximum Gasteiger partial charge on any atom is 0.268 e. The van der Waals surface area contributed by atoms with E-state index >= 15 is 0 Å². The third-order valence-electron chi connectivity index (χ3n) is 6.33. The Hall–Kier alpha value is -2.72. The number of halogens is 2. The van der Waals surface area contributed by atoms with E-state index in [1.54, 1.807) is 16.7 Å². The van der Waals surface area contributed by atoms with Crippen molar-refractivity contribution in [3.63, 3.8) is 0 Å². The summed E-state index contributed by atoms with van der Waals surface area (Å²) < 4.78 is 6.61. The lowest BCUT2D eigenvalue weighted by atomic mass is 9.81. The molecule has 0 saturated carbocycles. The van der Waals surface area contributed by atoms with Crippen LogP contribution in [0.2, 0.25) is 10.0 Å². The first-order chi connectivity index (χ1) is 17.1. The molecule has 8 nitrogen and oxygen atoms in total. The number of carbonyl (C=O) groups excluding carboxylic acids is 3. The van der Waals surface area contributed by atoms with Gasteiger partial charge in [-0.2, -0.15) is 0 Å². The molecule has 2 heterocycles.